The molecule has 0 radical (unpaired) electrons. The lowest BCUT2D eigenvalue weighted by molar-refractivity contribution is 0.0126. The van der Waals surface area contributed by atoms with Gasteiger partial charge in [0, 0.05) is 12.1 Å². The maximum absolute atomic E-state index is 11.5. The number of rotatable bonds is 6. The highest BCUT2D eigenvalue weighted by Crippen LogP contribution is 2.27. The number of hydrogen-bond acceptors (Lipinski definition) is 6. The summed E-state index contributed by atoms with van der Waals surface area (Å²) in [5.74, 6) is -1.22. The third-order valence-corrected chi connectivity index (χ3v) is 3.16. The van der Waals surface area contributed by atoms with E-state index in [1.54, 1.807) is 20.8 Å². The molecule has 1 aromatic rings. The molecule has 2 atom stereocenters. The van der Waals surface area contributed by atoms with Crippen molar-refractivity contribution in [1.29, 1.82) is 0 Å². The lowest BCUT2D eigenvalue weighted by atomic mass is 9.98. The molecule has 6 N–H and O–H groups in total. The fourth-order valence-electron chi connectivity index (χ4n) is 2.03. The number of benzene rings is 1. The molecule has 0 saturated carbocycles. The van der Waals surface area contributed by atoms with Crippen molar-refractivity contribution in [2.75, 3.05) is 12.3 Å². The van der Waals surface area contributed by atoms with E-state index in [2.05, 4.69) is 5.32 Å². The van der Waals surface area contributed by atoms with Crippen LogP contribution >= 0.6 is 0 Å². The predicted molar refractivity (Wildman–Crippen MR) is 87.6 cm³/mol. The molecule has 8 nitrogen and oxygen atoms in total. The predicted octanol–water partition coefficient (Wildman–Crippen LogP) is 1.28. The van der Waals surface area contributed by atoms with Crippen LogP contribution in [0.1, 0.15) is 49.2 Å². The zero-order valence-corrected chi connectivity index (χ0v) is 13.9. The number of aliphatic hydroxyl groups is 2. The molecule has 1 amide bonds. The molecule has 8 heteroatoms. The first-order chi connectivity index (χ1) is 11.0. The largest absolute Gasteiger partial charge is 0.478 e. The number of hydrogen-bond donors (Lipinski definition) is 5. The van der Waals surface area contributed by atoms with Gasteiger partial charge < -0.3 is 31.1 Å². The first-order valence-corrected chi connectivity index (χ1v) is 7.47. The second-order valence-electron chi connectivity index (χ2n) is 6.34. The maximum atomic E-state index is 11.5. The number of alkyl carbamates (subject to hydrolysis) is 1. The van der Waals surface area contributed by atoms with Crippen molar-refractivity contribution < 1.29 is 29.6 Å². The second-order valence-corrected chi connectivity index (χ2v) is 6.34. The number of para-hydroxylation sites is 1. The molecule has 0 aromatic heterocycles. The third kappa shape index (κ3) is 5.71. The van der Waals surface area contributed by atoms with Crippen molar-refractivity contribution in [2.45, 2.75) is 45.0 Å². The van der Waals surface area contributed by atoms with Crippen LogP contribution < -0.4 is 11.1 Å². The lowest BCUT2D eigenvalue weighted by Crippen LogP contribution is -2.34. The van der Waals surface area contributed by atoms with E-state index in [1.165, 1.54) is 18.2 Å². The Morgan fingerprint density at radius 1 is 1.29 bits per heavy atom. The molecular weight excluding hydrogens is 316 g/mol. The number of nitrogen functional groups attached to an aromatic ring is 1. The average molecular weight is 340 g/mol. The normalized spacial score (nSPS) is 13.9. The summed E-state index contributed by atoms with van der Waals surface area (Å²) < 4.78 is 5.05. The van der Waals surface area contributed by atoms with Crippen LogP contribution in [-0.2, 0) is 4.74 Å². The molecule has 0 aliphatic rings. The van der Waals surface area contributed by atoms with Crippen LogP contribution in [0.5, 0.6) is 0 Å². The van der Waals surface area contributed by atoms with Crippen LogP contribution in [-0.4, -0.2) is 45.6 Å². The van der Waals surface area contributed by atoms with Crippen molar-refractivity contribution in [1.82, 2.24) is 5.32 Å². The standard InChI is InChI=1S/C16H24N2O6/c1-16(2,3)24-15(23)18-8-7-11(19)13(20)9-5-4-6-10(12(9)17)14(21)22/h4-6,11,13,19-20H,7-8,17H2,1-3H3,(H,18,23)(H,21,22). The summed E-state index contributed by atoms with van der Waals surface area (Å²) >= 11 is 0. The van der Waals surface area contributed by atoms with Gasteiger partial charge in [-0.15, -0.1) is 0 Å². The van der Waals surface area contributed by atoms with Crippen molar-refractivity contribution in [3.05, 3.63) is 29.3 Å². The topological polar surface area (TPSA) is 142 Å². The first kappa shape index (κ1) is 19.7. The van der Waals surface area contributed by atoms with Gasteiger partial charge >= 0.3 is 12.1 Å². The van der Waals surface area contributed by atoms with Crippen LogP contribution in [0, 0.1) is 0 Å². The second kappa shape index (κ2) is 7.98. The molecule has 0 bridgehead atoms. The molecule has 1 aromatic carbocycles. The Morgan fingerprint density at radius 2 is 1.92 bits per heavy atom. The Bertz CT molecular complexity index is 597. The first-order valence-electron chi connectivity index (χ1n) is 7.47. The van der Waals surface area contributed by atoms with Gasteiger partial charge in [-0.2, -0.15) is 0 Å². The Hall–Kier alpha value is -2.32. The van der Waals surface area contributed by atoms with Crippen molar-refractivity contribution >= 4 is 17.7 Å². The van der Waals surface area contributed by atoms with E-state index in [0.29, 0.717) is 0 Å². The summed E-state index contributed by atoms with van der Waals surface area (Å²) in [6, 6.07) is 4.19. The molecule has 1 rings (SSSR count). The number of ether oxygens (including phenoxy) is 1. The summed E-state index contributed by atoms with van der Waals surface area (Å²) in [6.07, 6.45) is -3.19. The number of amides is 1. The Labute approximate surface area is 140 Å². The van der Waals surface area contributed by atoms with E-state index >= 15 is 0 Å². The molecule has 134 valence electrons. The van der Waals surface area contributed by atoms with Gasteiger partial charge in [0.2, 0.25) is 0 Å². The highest BCUT2D eigenvalue weighted by atomic mass is 16.6. The molecule has 0 saturated heterocycles. The Balaban J connectivity index is 2.63. The monoisotopic (exact) mass is 340 g/mol. The molecule has 0 spiro atoms. The van der Waals surface area contributed by atoms with E-state index in [9.17, 15) is 19.8 Å². The van der Waals surface area contributed by atoms with Crippen LogP contribution in [0.4, 0.5) is 10.5 Å². The number of aromatic carboxylic acids is 1. The van der Waals surface area contributed by atoms with Gasteiger partial charge in [-0.1, -0.05) is 12.1 Å². The van der Waals surface area contributed by atoms with Crippen LogP contribution in [0.2, 0.25) is 0 Å². The minimum Gasteiger partial charge on any atom is -0.478 e. The summed E-state index contributed by atoms with van der Waals surface area (Å²) in [7, 11) is 0. The SMILES string of the molecule is CC(C)(C)OC(=O)NCCC(O)C(O)c1cccc(C(=O)O)c1N. The number of carbonyl (C=O) groups excluding carboxylic acids is 1. The molecule has 0 fully saturated rings. The molecule has 24 heavy (non-hydrogen) atoms. The summed E-state index contributed by atoms with van der Waals surface area (Å²) in [4.78, 5) is 22.5. The van der Waals surface area contributed by atoms with Gasteiger partial charge in [0.05, 0.1) is 17.4 Å². The van der Waals surface area contributed by atoms with Gasteiger partial charge in [-0.25, -0.2) is 9.59 Å². The number of anilines is 1. The zero-order valence-electron chi connectivity index (χ0n) is 13.9. The highest BCUT2D eigenvalue weighted by Gasteiger charge is 2.23. The van der Waals surface area contributed by atoms with Crippen molar-refractivity contribution in [3.8, 4) is 0 Å². The fraction of sp³-hybridized carbons (Fsp3) is 0.500. The maximum Gasteiger partial charge on any atom is 0.407 e. The van der Waals surface area contributed by atoms with Gasteiger partial charge in [0.1, 0.15) is 11.7 Å². The summed E-state index contributed by atoms with van der Waals surface area (Å²) in [6.45, 7) is 5.25. The van der Waals surface area contributed by atoms with E-state index in [1.807, 2.05) is 0 Å². The van der Waals surface area contributed by atoms with Crippen LogP contribution in [0.15, 0.2) is 18.2 Å². The van der Waals surface area contributed by atoms with E-state index in [0.717, 1.165) is 0 Å². The van der Waals surface area contributed by atoms with Crippen molar-refractivity contribution in [2.24, 2.45) is 0 Å². The Morgan fingerprint density at radius 3 is 2.46 bits per heavy atom. The lowest BCUT2D eigenvalue weighted by Gasteiger charge is -2.22. The molecule has 0 aliphatic heterocycles. The highest BCUT2D eigenvalue weighted by molar-refractivity contribution is 5.94. The van der Waals surface area contributed by atoms with E-state index in [4.69, 9.17) is 15.6 Å². The minimum absolute atomic E-state index is 0.0388. The number of carboxylic acid groups (broad SMARTS) is 1. The number of nitrogens with one attached hydrogen (secondary N) is 1. The van der Waals surface area contributed by atoms with Gasteiger partial charge in [-0.3, -0.25) is 0 Å². The van der Waals surface area contributed by atoms with Crippen LogP contribution in [0.3, 0.4) is 0 Å². The van der Waals surface area contributed by atoms with Gasteiger partial charge in [-0.05, 0) is 33.3 Å². The fourth-order valence-corrected chi connectivity index (χ4v) is 2.03. The average Bonchev–Trinajstić information content (AvgIpc) is 2.44. The van der Waals surface area contributed by atoms with E-state index in [-0.39, 0.29) is 29.8 Å². The molecule has 0 aliphatic carbocycles. The molecular formula is C16H24N2O6. The minimum atomic E-state index is -1.37. The smallest absolute Gasteiger partial charge is 0.407 e. The summed E-state index contributed by atoms with van der Waals surface area (Å²) in [5.41, 5.74) is 4.97. The molecule has 2 unspecified atom stereocenters. The Kier molecular flexibility index (Phi) is 6.56. The number of carboxylic acids is 1. The third-order valence-electron chi connectivity index (χ3n) is 3.16. The van der Waals surface area contributed by atoms with Gasteiger partial charge in [0.25, 0.3) is 0 Å². The van der Waals surface area contributed by atoms with Gasteiger partial charge in [0.15, 0.2) is 0 Å². The summed E-state index contributed by atoms with van der Waals surface area (Å²) in [5, 5.41) is 31.7. The number of nitrogens with two attached hydrogens (primary N) is 1. The molecule has 0 heterocycles. The number of aliphatic hydroxyl groups excluding tert-OH is 2. The van der Waals surface area contributed by atoms with E-state index < -0.39 is 29.9 Å². The van der Waals surface area contributed by atoms with Crippen molar-refractivity contribution in [3.63, 3.8) is 0 Å². The number of carbonyl (C=O) groups is 2. The quantitative estimate of drug-likeness (QED) is 0.491. The van der Waals surface area contributed by atoms with Crippen LogP contribution in [0.25, 0.3) is 0 Å². The zero-order chi connectivity index (χ0) is 18.5.